The fourth-order valence-corrected chi connectivity index (χ4v) is 3.21. The van der Waals surface area contributed by atoms with Gasteiger partial charge < -0.3 is 15.4 Å². The second-order valence-corrected chi connectivity index (χ2v) is 7.74. The average molecular weight is 490 g/mol. The summed E-state index contributed by atoms with van der Waals surface area (Å²) in [5.74, 6) is -0.491. The van der Waals surface area contributed by atoms with Gasteiger partial charge in [-0.3, -0.25) is 9.59 Å². The van der Waals surface area contributed by atoms with Crippen molar-refractivity contribution in [2.45, 2.75) is 6.92 Å². The highest BCUT2D eigenvalue weighted by Crippen LogP contribution is 2.26. The quantitative estimate of drug-likeness (QED) is 0.347. The molecular formula is C25H20BrN3O3. The summed E-state index contributed by atoms with van der Waals surface area (Å²) in [6, 6.07) is 23.4. The van der Waals surface area contributed by atoms with Crippen LogP contribution in [-0.2, 0) is 9.59 Å². The SMILES string of the molecule is Cc1ccccc1NC(=O)/C(C#N)=C/c1cc(Br)ccc1OCC(=O)Nc1ccccc1. The number of carbonyl (C=O) groups is 2. The van der Waals surface area contributed by atoms with E-state index in [1.165, 1.54) is 6.08 Å². The Morgan fingerprint density at radius 2 is 1.75 bits per heavy atom. The molecule has 0 fully saturated rings. The number of aryl methyl sites for hydroxylation is 1. The Morgan fingerprint density at radius 3 is 2.47 bits per heavy atom. The van der Waals surface area contributed by atoms with Gasteiger partial charge in [0.25, 0.3) is 11.8 Å². The molecule has 6 nitrogen and oxygen atoms in total. The molecule has 0 spiro atoms. The number of amides is 2. The molecule has 0 unspecified atom stereocenters. The number of carbonyl (C=O) groups excluding carboxylic acids is 2. The van der Waals surface area contributed by atoms with Crippen LogP contribution in [-0.4, -0.2) is 18.4 Å². The zero-order valence-corrected chi connectivity index (χ0v) is 18.8. The molecule has 2 amide bonds. The molecule has 0 aliphatic heterocycles. The molecule has 160 valence electrons. The van der Waals surface area contributed by atoms with Crippen molar-refractivity contribution in [1.82, 2.24) is 0 Å². The number of hydrogen-bond donors (Lipinski definition) is 2. The number of nitrogens with one attached hydrogen (secondary N) is 2. The van der Waals surface area contributed by atoms with Crippen molar-refractivity contribution in [3.63, 3.8) is 0 Å². The number of anilines is 2. The Balaban J connectivity index is 1.76. The van der Waals surface area contributed by atoms with E-state index in [0.29, 0.717) is 22.7 Å². The molecule has 0 radical (unpaired) electrons. The summed E-state index contributed by atoms with van der Waals surface area (Å²) < 4.78 is 6.41. The van der Waals surface area contributed by atoms with E-state index in [4.69, 9.17) is 4.74 Å². The molecule has 0 saturated heterocycles. The maximum Gasteiger partial charge on any atom is 0.266 e. The summed E-state index contributed by atoms with van der Waals surface area (Å²) in [6.45, 7) is 1.64. The van der Waals surface area contributed by atoms with Gasteiger partial charge in [-0.25, -0.2) is 0 Å². The van der Waals surface area contributed by atoms with Crippen LogP contribution in [0.3, 0.4) is 0 Å². The number of rotatable bonds is 7. The van der Waals surface area contributed by atoms with Crippen LogP contribution in [0.25, 0.3) is 6.08 Å². The van der Waals surface area contributed by atoms with Crippen LogP contribution in [0, 0.1) is 18.3 Å². The average Bonchev–Trinajstić information content (AvgIpc) is 2.79. The smallest absolute Gasteiger partial charge is 0.266 e. The number of nitriles is 1. The minimum absolute atomic E-state index is 0.0926. The molecule has 0 atom stereocenters. The molecule has 0 aromatic heterocycles. The van der Waals surface area contributed by atoms with Crippen molar-refractivity contribution >= 4 is 45.2 Å². The molecule has 3 rings (SSSR count). The molecule has 0 saturated carbocycles. The molecular weight excluding hydrogens is 470 g/mol. The molecule has 7 heteroatoms. The third-order valence-electron chi connectivity index (χ3n) is 4.45. The zero-order chi connectivity index (χ0) is 22.9. The van der Waals surface area contributed by atoms with Crippen molar-refractivity contribution in [1.29, 1.82) is 5.26 Å². The van der Waals surface area contributed by atoms with E-state index >= 15 is 0 Å². The van der Waals surface area contributed by atoms with E-state index in [9.17, 15) is 14.9 Å². The van der Waals surface area contributed by atoms with E-state index in [-0.39, 0.29) is 18.1 Å². The van der Waals surface area contributed by atoms with Crippen molar-refractivity contribution in [2.24, 2.45) is 0 Å². The standard InChI is InChI=1S/C25H20BrN3O3/c1-17-7-5-6-10-22(17)29-25(31)19(15-27)13-18-14-20(26)11-12-23(18)32-16-24(30)28-21-8-3-2-4-9-21/h2-14H,16H2,1H3,(H,28,30)(H,29,31)/b19-13+. The molecule has 32 heavy (non-hydrogen) atoms. The third-order valence-corrected chi connectivity index (χ3v) is 4.94. The molecule has 0 aliphatic carbocycles. The van der Waals surface area contributed by atoms with Crippen LogP contribution in [0.4, 0.5) is 11.4 Å². The predicted octanol–water partition coefficient (Wildman–Crippen LogP) is 5.32. The Bertz CT molecular complexity index is 1200. The largest absolute Gasteiger partial charge is 0.483 e. The predicted molar refractivity (Wildman–Crippen MR) is 128 cm³/mol. The Hall–Kier alpha value is -3.89. The first kappa shape index (κ1) is 22.8. The molecule has 0 bridgehead atoms. The Morgan fingerprint density at radius 1 is 1.03 bits per heavy atom. The summed E-state index contributed by atoms with van der Waals surface area (Å²) in [5.41, 5.74) is 2.57. The molecule has 0 heterocycles. The molecule has 3 aromatic carbocycles. The zero-order valence-electron chi connectivity index (χ0n) is 17.3. The van der Waals surface area contributed by atoms with Crippen LogP contribution >= 0.6 is 15.9 Å². The van der Waals surface area contributed by atoms with Crippen molar-refractivity contribution < 1.29 is 14.3 Å². The fourth-order valence-electron chi connectivity index (χ4n) is 2.83. The van der Waals surface area contributed by atoms with Gasteiger partial charge in [-0.2, -0.15) is 5.26 Å². The van der Waals surface area contributed by atoms with Gasteiger partial charge in [-0.1, -0.05) is 52.3 Å². The summed E-state index contributed by atoms with van der Waals surface area (Å²) in [4.78, 5) is 24.9. The first-order valence-corrected chi connectivity index (χ1v) is 10.5. The van der Waals surface area contributed by atoms with Gasteiger partial charge in [0.2, 0.25) is 0 Å². The lowest BCUT2D eigenvalue weighted by molar-refractivity contribution is -0.118. The lowest BCUT2D eigenvalue weighted by Gasteiger charge is -2.11. The summed E-state index contributed by atoms with van der Waals surface area (Å²) in [6.07, 6.45) is 1.43. The lowest BCUT2D eigenvalue weighted by atomic mass is 10.1. The summed E-state index contributed by atoms with van der Waals surface area (Å²) >= 11 is 3.39. The Kier molecular flexibility index (Phi) is 7.79. The van der Waals surface area contributed by atoms with Crippen LogP contribution in [0.5, 0.6) is 5.75 Å². The van der Waals surface area contributed by atoms with Crippen molar-refractivity contribution in [2.75, 3.05) is 17.2 Å². The van der Waals surface area contributed by atoms with Gasteiger partial charge >= 0.3 is 0 Å². The summed E-state index contributed by atoms with van der Waals surface area (Å²) in [5, 5.41) is 15.0. The minimum atomic E-state index is -0.533. The highest BCUT2D eigenvalue weighted by molar-refractivity contribution is 9.10. The van der Waals surface area contributed by atoms with Crippen LogP contribution < -0.4 is 15.4 Å². The van der Waals surface area contributed by atoms with E-state index in [1.807, 2.05) is 43.3 Å². The fraction of sp³-hybridized carbons (Fsp3) is 0.0800. The van der Waals surface area contributed by atoms with E-state index < -0.39 is 5.91 Å². The van der Waals surface area contributed by atoms with E-state index in [2.05, 4.69) is 26.6 Å². The van der Waals surface area contributed by atoms with E-state index in [1.54, 1.807) is 42.5 Å². The van der Waals surface area contributed by atoms with Gasteiger partial charge in [-0.15, -0.1) is 0 Å². The van der Waals surface area contributed by atoms with Gasteiger partial charge in [0, 0.05) is 21.4 Å². The van der Waals surface area contributed by atoms with Crippen LogP contribution in [0.2, 0.25) is 0 Å². The molecule has 2 N–H and O–H groups in total. The number of hydrogen-bond acceptors (Lipinski definition) is 4. The highest BCUT2D eigenvalue weighted by atomic mass is 79.9. The van der Waals surface area contributed by atoms with Gasteiger partial charge in [-0.05, 0) is 55.0 Å². The first-order valence-electron chi connectivity index (χ1n) is 9.72. The second kappa shape index (κ2) is 10.9. The maximum atomic E-state index is 12.6. The number of nitrogens with zero attached hydrogens (tertiary/aromatic N) is 1. The van der Waals surface area contributed by atoms with Gasteiger partial charge in [0.15, 0.2) is 6.61 Å². The number of para-hydroxylation sites is 2. The van der Waals surface area contributed by atoms with Gasteiger partial charge in [0.05, 0.1) is 0 Å². The maximum absolute atomic E-state index is 12.6. The molecule has 3 aromatic rings. The number of ether oxygens (including phenoxy) is 1. The summed E-state index contributed by atoms with van der Waals surface area (Å²) in [7, 11) is 0. The van der Waals surface area contributed by atoms with Gasteiger partial charge in [0.1, 0.15) is 17.4 Å². The van der Waals surface area contributed by atoms with Crippen molar-refractivity contribution in [3.8, 4) is 11.8 Å². The van der Waals surface area contributed by atoms with Crippen molar-refractivity contribution in [3.05, 3.63) is 94.0 Å². The topological polar surface area (TPSA) is 91.2 Å². The Labute approximate surface area is 194 Å². The van der Waals surface area contributed by atoms with Crippen LogP contribution in [0.15, 0.2) is 82.8 Å². The second-order valence-electron chi connectivity index (χ2n) is 6.82. The number of halogens is 1. The minimum Gasteiger partial charge on any atom is -0.483 e. The monoisotopic (exact) mass is 489 g/mol. The highest BCUT2D eigenvalue weighted by Gasteiger charge is 2.13. The third kappa shape index (κ3) is 6.30. The number of benzene rings is 3. The first-order chi connectivity index (χ1) is 15.5. The van der Waals surface area contributed by atoms with E-state index in [0.717, 1.165) is 10.0 Å². The van der Waals surface area contributed by atoms with Crippen LogP contribution in [0.1, 0.15) is 11.1 Å². The lowest BCUT2D eigenvalue weighted by Crippen LogP contribution is -2.20. The normalized spacial score (nSPS) is 10.7. The molecule has 0 aliphatic rings.